The number of rotatable bonds is 7. The summed E-state index contributed by atoms with van der Waals surface area (Å²) < 4.78 is 11.4. The van der Waals surface area contributed by atoms with Gasteiger partial charge in [0.1, 0.15) is 12.3 Å². The minimum Gasteiger partial charge on any atom is -0.480 e. The van der Waals surface area contributed by atoms with Crippen molar-refractivity contribution in [2.45, 2.75) is 6.92 Å². The highest BCUT2D eigenvalue weighted by Crippen LogP contribution is 2.37. The Morgan fingerprint density at radius 3 is 2.70 bits per heavy atom. The lowest BCUT2D eigenvalue weighted by Gasteiger charge is -2.12. The van der Waals surface area contributed by atoms with Crippen LogP contribution >= 0.6 is 50.3 Å². The number of aliphatic carboxylic acids is 1. The summed E-state index contributed by atoms with van der Waals surface area (Å²) in [5.74, 6) is -2.23. The summed E-state index contributed by atoms with van der Waals surface area (Å²) in [6.07, 6.45) is 1.43. The molecule has 27 heavy (non-hydrogen) atoms. The number of benzene rings is 1. The van der Waals surface area contributed by atoms with Gasteiger partial charge in [-0.3, -0.25) is 19.3 Å². The van der Waals surface area contributed by atoms with E-state index in [1.54, 1.807) is 19.1 Å². The van der Waals surface area contributed by atoms with Crippen LogP contribution in [0.5, 0.6) is 5.75 Å². The van der Waals surface area contributed by atoms with Gasteiger partial charge in [0.2, 0.25) is 0 Å². The largest absolute Gasteiger partial charge is 0.480 e. The molecule has 1 N–H and O–H groups in total. The summed E-state index contributed by atoms with van der Waals surface area (Å²) in [7, 11) is 0. The molecule has 1 aromatic rings. The van der Waals surface area contributed by atoms with Gasteiger partial charge in [-0.15, -0.1) is 0 Å². The molecule has 0 atom stereocenters. The average Bonchev–Trinajstić information content (AvgIpc) is 2.81. The Labute approximate surface area is 180 Å². The molecular weight excluding hydrogens is 557 g/mol. The van der Waals surface area contributed by atoms with E-state index in [0.717, 1.165) is 8.47 Å². The molecule has 1 aromatic carbocycles. The van der Waals surface area contributed by atoms with Crippen molar-refractivity contribution < 1.29 is 33.8 Å². The molecule has 1 aliphatic rings. The molecule has 0 bridgehead atoms. The lowest BCUT2D eigenvalue weighted by molar-refractivity contribution is -0.146. The van der Waals surface area contributed by atoms with Gasteiger partial charge in [0.25, 0.3) is 11.1 Å². The number of nitrogens with zero attached hydrogens (tertiary/aromatic N) is 1. The summed E-state index contributed by atoms with van der Waals surface area (Å²) >= 11 is 6.04. The fourth-order valence-corrected chi connectivity index (χ4v) is 4.58. The van der Waals surface area contributed by atoms with E-state index in [1.165, 1.54) is 6.08 Å². The Kier molecular flexibility index (Phi) is 7.68. The lowest BCUT2D eigenvalue weighted by Crippen LogP contribution is -2.34. The number of carbonyl (C=O) groups excluding carboxylic acids is 3. The molecule has 0 spiro atoms. The Hall–Kier alpha value is -1.60. The van der Waals surface area contributed by atoms with Crippen molar-refractivity contribution in [1.82, 2.24) is 4.90 Å². The van der Waals surface area contributed by atoms with E-state index in [9.17, 15) is 19.2 Å². The molecule has 144 valence electrons. The number of thioether (sulfide) groups is 1. The van der Waals surface area contributed by atoms with Crippen LogP contribution in [0.1, 0.15) is 12.5 Å². The number of carboxylic acids is 1. The van der Waals surface area contributed by atoms with Crippen molar-refractivity contribution in [2.24, 2.45) is 0 Å². The zero-order valence-corrected chi connectivity index (χ0v) is 18.4. The molecule has 1 heterocycles. The van der Waals surface area contributed by atoms with Crippen LogP contribution in [0.4, 0.5) is 4.79 Å². The van der Waals surface area contributed by atoms with Gasteiger partial charge < -0.3 is 14.6 Å². The summed E-state index contributed by atoms with van der Waals surface area (Å²) in [6.45, 7) is 0.739. The number of hydrogen-bond donors (Lipinski definition) is 1. The molecule has 8 nitrogen and oxygen atoms in total. The Balaban J connectivity index is 2.32. The molecule has 1 fully saturated rings. The maximum Gasteiger partial charge on any atom is 0.341 e. The number of halogens is 2. The highest BCUT2D eigenvalue weighted by atomic mass is 127. The van der Waals surface area contributed by atoms with E-state index in [4.69, 9.17) is 14.6 Å². The Morgan fingerprint density at radius 2 is 2.07 bits per heavy atom. The molecule has 0 aromatic heterocycles. The lowest BCUT2D eigenvalue weighted by atomic mass is 10.2. The van der Waals surface area contributed by atoms with E-state index >= 15 is 0 Å². The smallest absolute Gasteiger partial charge is 0.341 e. The topological polar surface area (TPSA) is 110 Å². The van der Waals surface area contributed by atoms with Gasteiger partial charge in [-0.2, -0.15) is 0 Å². The molecule has 2 rings (SSSR count). The first kappa shape index (κ1) is 21.7. The van der Waals surface area contributed by atoms with Crippen molar-refractivity contribution in [3.8, 4) is 5.75 Å². The SMILES string of the molecule is CCOC(=O)CN1C(=O)S/C(=C/c2cc(I)cc(Br)c2OCC(=O)O)C1=O. The maximum atomic E-state index is 12.5. The van der Waals surface area contributed by atoms with Crippen LogP contribution in [0.15, 0.2) is 21.5 Å². The van der Waals surface area contributed by atoms with Crippen LogP contribution < -0.4 is 4.74 Å². The minimum absolute atomic E-state index is 0.0957. The highest BCUT2D eigenvalue weighted by Gasteiger charge is 2.36. The molecule has 2 amide bonds. The van der Waals surface area contributed by atoms with Gasteiger partial charge in [-0.05, 0) is 75.4 Å². The summed E-state index contributed by atoms with van der Waals surface area (Å²) in [5, 5.41) is 8.24. The maximum absolute atomic E-state index is 12.5. The zero-order chi connectivity index (χ0) is 20.1. The number of carbonyl (C=O) groups is 4. The van der Waals surface area contributed by atoms with Gasteiger partial charge in [0, 0.05) is 9.13 Å². The van der Waals surface area contributed by atoms with Gasteiger partial charge in [0.05, 0.1) is 16.0 Å². The number of amides is 2. The predicted molar refractivity (Wildman–Crippen MR) is 109 cm³/mol. The second kappa shape index (κ2) is 9.55. The first-order valence-corrected chi connectivity index (χ1v) is 10.2. The molecule has 11 heteroatoms. The van der Waals surface area contributed by atoms with Crippen LogP contribution in [0.25, 0.3) is 6.08 Å². The zero-order valence-electron chi connectivity index (χ0n) is 13.9. The molecule has 0 radical (unpaired) electrons. The third kappa shape index (κ3) is 5.69. The molecule has 0 unspecified atom stereocenters. The van der Waals surface area contributed by atoms with Gasteiger partial charge in [-0.1, -0.05) is 0 Å². The van der Waals surface area contributed by atoms with Crippen LogP contribution in [-0.4, -0.2) is 52.8 Å². The van der Waals surface area contributed by atoms with Gasteiger partial charge >= 0.3 is 11.9 Å². The first-order valence-electron chi connectivity index (χ1n) is 7.47. The minimum atomic E-state index is -1.15. The van der Waals surface area contributed by atoms with Crippen LogP contribution in [0.2, 0.25) is 0 Å². The molecule has 0 saturated carbocycles. The van der Waals surface area contributed by atoms with Crippen LogP contribution in [-0.2, 0) is 19.1 Å². The quantitative estimate of drug-likeness (QED) is 0.303. The van der Waals surface area contributed by atoms with E-state index in [1.807, 2.05) is 0 Å². The number of esters is 1. The third-order valence-electron chi connectivity index (χ3n) is 3.13. The standard InChI is InChI=1S/C16H13BrINO7S/c1-2-25-13(22)6-19-15(23)11(27-16(19)24)4-8-3-9(18)5-10(17)14(8)26-7-12(20)21/h3-5H,2,6-7H2,1H3,(H,20,21)/b11-4+. The number of ether oxygens (including phenoxy) is 2. The van der Waals surface area contributed by atoms with E-state index in [-0.39, 0.29) is 17.3 Å². The normalized spacial score (nSPS) is 15.4. The van der Waals surface area contributed by atoms with Crippen molar-refractivity contribution in [1.29, 1.82) is 0 Å². The first-order chi connectivity index (χ1) is 12.7. The second-order valence-corrected chi connectivity index (χ2v) is 8.15. The number of carboxylic acid groups (broad SMARTS) is 1. The van der Waals surface area contributed by atoms with E-state index in [2.05, 4.69) is 38.5 Å². The monoisotopic (exact) mass is 569 g/mol. The van der Waals surface area contributed by atoms with Crippen molar-refractivity contribution in [2.75, 3.05) is 19.8 Å². The van der Waals surface area contributed by atoms with E-state index in [0.29, 0.717) is 21.8 Å². The number of hydrogen-bond acceptors (Lipinski definition) is 7. The summed E-state index contributed by atoms with van der Waals surface area (Å²) in [5.41, 5.74) is 0.427. The van der Waals surface area contributed by atoms with Crippen molar-refractivity contribution in [3.05, 3.63) is 30.6 Å². The predicted octanol–water partition coefficient (Wildman–Crippen LogP) is 3.12. The van der Waals surface area contributed by atoms with Gasteiger partial charge in [0.15, 0.2) is 6.61 Å². The van der Waals surface area contributed by atoms with E-state index < -0.39 is 36.2 Å². The molecule has 1 saturated heterocycles. The van der Waals surface area contributed by atoms with Gasteiger partial charge in [-0.25, -0.2) is 4.79 Å². The Morgan fingerprint density at radius 1 is 1.37 bits per heavy atom. The molecular formula is C16H13BrINO7S. The van der Waals surface area contributed by atoms with Crippen molar-refractivity contribution in [3.63, 3.8) is 0 Å². The fraction of sp³-hybridized carbons (Fsp3) is 0.250. The second-order valence-electron chi connectivity index (χ2n) is 5.06. The fourth-order valence-electron chi connectivity index (χ4n) is 2.09. The van der Waals surface area contributed by atoms with Crippen LogP contribution in [0, 0.1) is 3.57 Å². The van der Waals surface area contributed by atoms with Crippen LogP contribution in [0.3, 0.4) is 0 Å². The highest BCUT2D eigenvalue weighted by molar-refractivity contribution is 14.1. The average molecular weight is 570 g/mol. The summed E-state index contributed by atoms with van der Waals surface area (Å²) in [4.78, 5) is 47.8. The third-order valence-corrected chi connectivity index (χ3v) is 5.25. The van der Waals surface area contributed by atoms with Crippen molar-refractivity contribution >= 4 is 79.4 Å². The Bertz CT molecular complexity index is 842. The number of imide groups is 1. The molecule has 1 aliphatic heterocycles. The summed E-state index contributed by atoms with van der Waals surface area (Å²) in [6, 6.07) is 3.41. The molecule has 0 aliphatic carbocycles.